The van der Waals surface area contributed by atoms with Gasteiger partial charge in [-0.3, -0.25) is 0 Å². The minimum absolute atomic E-state index is 0.0606. The summed E-state index contributed by atoms with van der Waals surface area (Å²) in [5.74, 6) is -0.338. The molecule has 2 N–H and O–H groups in total. The molecule has 1 aromatic carbocycles. The number of hydrogen-bond acceptors (Lipinski definition) is 3. The molecule has 1 saturated heterocycles. The van der Waals surface area contributed by atoms with E-state index in [4.69, 9.17) is 0 Å². The fourth-order valence-electron chi connectivity index (χ4n) is 2.81. The minimum atomic E-state index is -0.715. The highest BCUT2D eigenvalue weighted by Crippen LogP contribution is 2.31. The van der Waals surface area contributed by atoms with Crippen LogP contribution < -0.4 is 4.90 Å². The molecule has 1 aliphatic rings. The van der Waals surface area contributed by atoms with E-state index in [0.717, 1.165) is 37.9 Å². The minimum Gasteiger partial charge on any atom is -0.394 e. The van der Waals surface area contributed by atoms with Crippen LogP contribution in [0.2, 0.25) is 0 Å². The van der Waals surface area contributed by atoms with E-state index < -0.39 is 6.10 Å². The molecule has 1 aromatic rings. The number of rotatable bonds is 3. The number of nitrogens with zero attached hydrogens (tertiary/aromatic N) is 1. The molecular formula is C15H22FNO2. The maximum absolute atomic E-state index is 13.4. The Morgan fingerprint density at radius 3 is 2.84 bits per heavy atom. The van der Waals surface area contributed by atoms with Crippen LogP contribution in [0.4, 0.5) is 10.1 Å². The zero-order chi connectivity index (χ0) is 13.8. The highest BCUT2D eigenvalue weighted by atomic mass is 19.1. The SMILES string of the molecule is CC(O)c1cc(F)ccc1N1CCCCCC1CO. The van der Waals surface area contributed by atoms with Crippen LogP contribution in [0.3, 0.4) is 0 Å². The fourth-order valence-corrected chi connectivity index (χ4v) is 2.81. The zero-order valence-corrected chi connectivity index (χ0v) is 11.3. The first kappa shape index (κ1) is 14.3. The second kappa shape index (κ2) is 6.35. The van der Waals surface area contributed by atoms with Crippen molar-refractivity contribution in [1.29, 1.82) is 0 Å². The Bertz CT molecular complexity index is 423. The number of hydrogen-bond donors (Lipinski definition) is 2. The molecule has 1 fully saturated rings. The molecule has 1 aliphatic heterocycles. The van der Waals surface area contributed by atoms with Gasteiger partial charge in [0.1, 0.15) is 5.82 Å². The molecule has 1 heterocycles. The average Bonchev–Trinajstić information content (AvgIpc) is 2.63. The van der Waals surface area contributed by atoms with Gasteiger partial charge < -0.3 is 15.1 Å². The molecule has 4 heteroatoms. The van der Waals surface area contributed by atoms with Crippen LogP contribution in [-0.4, -0.2) is 29.4 Å². The van der Waals surface area contributed by atoms with E-state index in [9.17, 15) is 14.6 Å². The lowest BCUT2D eigenvalue weighted by atomic mass is 10.0. The third kappa shape index (κ3) is 3.25. The molecular weight excluding hydrogens is 245 g/mol. The molecule has 0 aromatic heterocycles. The summed E-state index contributed by atoms with van der Waals surface area (Å²) in [4.78, 5) is 2.12. The summed E-state index contributed by atoms with van der Waals surface area (Å²) >= 11 is 0. The summed E-state index contributed by atoms with van der Waals surface area (Å²) in [6.07, 6.45) is 3.54. The molecule has 0 aliphatic carbocycles. The maximum atomic E-state index is 13.4. The first-order chi connectivity index (χ1) is 9.13. The molecule has 106 valence electrons. The number of aliphatic hydroxyl groups is 2. The Balaban J connectivity index is 2.37. The molecule has 2 unspecified atom stereocenters. The van der Waals surface area contributed by atoms with E-state index in [1.807, 2.05) is 0 Å². The Morgan fingerprint density at radius 1 is 1.37 bits per heavy atom. The van der Waals surface area contributed by atoms with Crippen molar-refractivity contribution in [2.24, 2.45) is 0 Å². The lowest BCUT2D eigenvalue weighted by Gasteiger charge is -2.33. The Kier molecular flexibility index (Phi) is 4.77. The largest absolute Gasteiger partial charge is 0.394 e. The highest BCUT2D eigenvalue weighted by molar-refractivity contribution is 5.55. The molecule has 0 bridgehead atoms. The molecule has 0 spiro atoms. The molecule has 3 nitrogen and oxygen atoms in total. The van der Waals surface area contributed by atoms with Gasteiger partial charge in [0.25, 0.3) is 0 Å². The van der Waals surface area contributed by atoms with Crippen LogP contribution in [0.25, 0.3) is 0 Å². The smallest absolute Gasteiger partial charge is 0.123 e. The summed E-state index contributed by atoms with van der Waals surface area (Å²) in [7, 11) is 0. The van der Waals surface area contributed by atoms with Crippen LogP contribution >= 0.6 is 0 Å². The van der Waals surface area contributed by atoms with E-state index in [1.54, 1.807) is 13.0 Å². The topological polar surface area (TPSA) is 43.7 Å². The first-order valence-corrected chi connectivity index (χ1v) is 6.98. The van der Waals surface area contributed by atoms with Crippen molar-refractivity contribution in [3.63, 3.8) is 0 Å². The Morgan fingerprint density at radius 2 is 2.16 bits per heavy atom. The van der Waals surface area contributed by atoms with Crippen molar-refractivity contribution in [1.82, 2.24) is 0 Å². The standard InChI is InChI=1S/C15H22FNO2/c1-11(19)14-9-12(16)6-7-15(14)17-8-4-2-3-5-13(17)10-18/h6-7,9,11,13,18-19H,2-5,8,10H2,1H3. The second-order valence-corrected chi connectivity index (χ2v) is 5.26. The van der Waals surface area contributed by atoms with Crippen LogP contribution in [0.1, 0.15) is 44.3 Å². The van der Waals surface area contributed by atoms with Gasteiger partial charge in [0.2, 0.25) is 0 Å². The lowest BCUT2D eigenvalue weighted by Crippen LogP contribution is -2.38. The zero-order valence-electron chi connectivity index (χ0n) is 11.3. The van der Waals surface area contributed by atoms with E-state index in [1.165, 1.54) is 12.1 Å². The van der Waals surface area contributed by atoms with Gasteiger partial charge >= 0.3 is 0 Å². The van der Waals surface area contributed by atoms with Gasteiger partial charge in [-0.25, -0.2) is 4.39 Å². The van der Waals surface area contributed by atoms with Crippen molar-refractivity contribution in [3.8, 4) is 0 Å². The number of anilines is 1. The van der Waals surface area contributed by atoms with Crippen LogP contribution in [-0.2, 0) is 0 Å². The quantitative estimate of drug-likeness (QED) is 0.884. The van der Waals surface area contributed by atoms with Crippen molar-refractivity contribution in [2.45, 2.75) is 44.8 Å². The van der Waals surface area contributed by atoms with Gasteiger partial charge in [0, 0.05) is 17.8 Å². The molecule has 2 rings (SSSR count). The highest BCUT2D eigenvalue weighted by Gasteiger charge is 2.23. The molecule has 2 atom stereocenters. The van der Waals surface area contributed by atoms with Crippen molar-refractivity contribution < 1.29 is 14.6 Å². The number of halogens is 1. The number of benzene rings is 1. The van der Waals surface area contributed by atoms with E-state index >= 15 is 0 Å². The summed E-state index contributed by atoms with van der Waals surface area (Å²) in [5, 5.41) is 19.4. The predicted octanol–water partition coefficient (Wildman–Crippen LogP) is 2.62. The second-order valence-electron chi connectivity index (χ2n) is 5.26. The summed E-state index contributed by atoms with van der Waals surface area (Å²) in [6.45, 7) is 2.58. The van der Waals surface area contributed by atoms with Gasteiger partial charge in [-0.05, 0) is 38.0 Å². The first-order valence-electron chi connectivity index (χ1n) is 6.98. The Hall–Kier alpha value is -1.13. The average molecular weight is 267 g/mol. The third-order valence-corrected chi connectivity index (χ3v) is 3.84. The molecule has 19 heavy (non-hydrogen) atoms. The normalized spacial score (nSPS) is 22.1. The summed E-state index contributed by atoms with van der Waals surface area (Å²) in [5.41, 5.74) is 1.44. The predicted molar refractivity (Wildman–Crippen MR) is 73.7 cm³/mol. The summed E-state index contributed by atoms with van der Waals surface area (Å²) < 4.78 is 13.4. The van der Waals surface area contributed by atoms with Crippen molar-refractivity contribution in [2.75, 3.05) is 18.1 Å². The Labute approximate surface area is 113 Å². The van der Waals surface area contributed by atoms with Crippen molar-refractivity contribution in [3.05, 3.63) is 29.6 Å². The van der Waals surface area contributed by atoms with Crippen LogP contribution in [0.5, 0.6) is 0 Å². The molecule has 0 radical (unpaired) electrons. The van der Waals surface area contributed by atoms with Gasteiger partial charge in [-0.2, -0.15) is 0 Å². The van der Waals surface area contributed by atoms with E-state index in [0.29, 0.717) is 5.56 Å². The van der Waals surface area contributed by atoms with E-state index in [2.05, 4.69) is 4.90 Å². The third-order valence-electron chi connectivity index (χ3n) is 3.84. The number of aliphatic hydroxyl groups excluding tert-OH is 2. The van der Waals surface area contributed by atoms with Crippen molar-refractivity contribution >= 4 is 5.69 Å². The molecule has 0 amide bonds. The van der Waals surface area contributed by atoms with Crippen LogP contribution in [0, 0.1) is 5.82 Å². The van der Waals surface area contributed by atoms with Gasteiger partial charge in [-0.1, -0.05) is 12.8 Å². The summed E-state index contributed by atoms with van der Waals surface area (Å²) in [6, 6.07) is 4.58. The fraction of sp³-hybridized carbons (Fsp3) is 0.600. The lowest BCUT2D eigenvalue weighted by molar-refractivity contribution is 0.198. The monoisotopic (exact) mass is 267 g/mol. The van der Waals surface area contributed by atoms with Gasteiger partial charge in [0.15, 0.2) is 0 Å². The molecule has 0 saturated carbocycles. The van der Waals surface area contributed by atoms with Gasteiger partial charge in [-0.15, -0.1) is 0 Å². The maximum Gasteiger partial charge on any atom is 0.123 e. The van der Waals surface area contributed by atoms with Crippen LogP contribution in [0.15, 0.2) is 18.2 Å². The van der Waals surface area contributed by atoms with Gasteiger partial charge in [0.05, 0.1) is 18.8 Å². The van der Waals surface area contributed by atoms with E-state index in [-0.39, 0.29) is 18.5 Å².